The number of carboxylic acids is 1. The average Bonchev–Trinajstić information content (AvgIpc) is 2.74. The Morgan fingerprint density at radius 2 is 1.84 bits per heavy atom. The summed E-state index contributed by atoms with van der Waals surface area (Å²) < 4.78 is 39.1. The van der Waals surface area contributed by atoms with E-state index < -0.39 is 23.5 Å². The quantitative estimate of drug-likeness (QED) is 0.912. The van der Waals surface area contributed by atoms with Crippen LogP contribution in [0.2, 0.25) is 0 Å². The molecule has 0 unspecified atom stereocenters. The van der Waals surface area contributed by atoms with Gasteiger partial charge in [-0.05, 0) is 19.1 Å². The third-order valence-electron chi connectivity index (χ3n) is 2.50. The number of rotatable bonds is 2. The summed E-state index contributed by atoms with van der Waals surface area (Å²) in [5, 5.41) is 12.2. The molecule has 1 heterocycles. The van der Waals surface area contributed by atoms with Crippen molar-refractivity contribution >= 4 is 5.97 Å². The third kappa shape index (κ3) is 2.59. The predicted molar refractivity (Wildman–Crippen MR) is 60.3 cm³/mol. The molecule has 19 heavy (non-hydrogen) atoms. The summed E-state index contributed by atoms with van der Waals surface area (Å²) in [6.07, 6.45) is -4.68. The van der Waals surface area contributed by atoms with Gasteiger partial charge < -0.3 is 5.11 Å². The number of carboxylic acid groups (broad SMARTS) is 1. The Bertz CT molecular complexity index is 615. The predicted octanol–water partition coefficient (Wildman–Crippen LogP) is 2.90. The zero-order valence-electron chi connectivity index (χ0n) is 9.77. The number of nitrogens with zero attached hydrogens (tertiary/aromatic N) is 2. The fourth-order valence-electron chi connectivity index (χ4n) is 1.57. The molecular weight excluding hydrogens is 261 g/mol. The highest BCUT2D eigenvalue weighted by Crippen LogP contribution is 2.31. The van der Waals surface area contributed by atoms with E-state index in [1.807, 2.05) is 0 Å². The van der Waals surface area contributed by atoms with Crippen molar-refractivity contribution in [3.8, 4) is 5.69 Å². The van der Waals surface area contributed by atoms with Crippen LogP contribution in [-0.4, -0.2) is 20.9 Å². The Labute approximate surface area is 106 Å². The van der Waals surface area contributed by atoms with E-state index in [9.17, 15) is 18.0 Å². The number of hydrogen-bond donors (Lipinski definition) is 1. The van der Waals surface area contributed by atoms with Crippen LogP contribution in [0.5, 0.6) is 0 Å². The van der Waals surface area contributed by atoms with Crippen LogP contribution in [0.25, 0.3) is 5.69 Å². The second-order valence-corrected chi connectivity index (χ2v) is 3.97. The molecule has 0 aliphatic heterocycles. The summed E-state index contributed by atoms with van der Waals surface area (Å²) in [5.74, 6) is -1.50. The molecule has 2 aromatic rings. The van der Waals surface area contributed by atoms with Crippen molar-refractivity contribution in [1.82, 2.24) is 9.78 Å². The van der Waals surface area contributed by atoms with Gasteiger partial charge in [-0.3, -0.25) is 0 Å². The standard InChI is InChI=1S/C12H9F3N2O2/c1-7-2-4-8(5-3-7)17-10(12(13,14)15)6-9(16-17)11(18)19/h2-6H,1H3,(H,18,19). The van der Waals surface area contributed by atoms with Crippen LogP contribution in [0.1, 0.15) is 21.7 Å². The van der Waals surface area contributed by atoms with Gasteiger partial charge in [0.25, 0.3) is 0 Å². The fraction of sp³-hybridized carbons (Fsp3) is 0.167. The van der Waals surface area contributed by atoms with Crippen molar-refractivity contribution in [3.63, 3.8) is 0 Å². The van der Waals surface area contributed by atoms with E-state index in [4.69, 9.17) is 5.11 Å². The molecule has 0 saturated carbocycles. The van der Waals surface area contributed by atoms with Crippen LogP contribution < -0.4 is 0 Å². The van der Waals surface area contributed by atoms with Crippen LogP contribution in [0, 0.1) is 6.92 Å². The van der Waals surface area contributed by atoms with Gasteiger partial charge >= 0.3 is 12.1 Å². The topological polar surface area (TPSA) is 55.1 Å². The van der Waals surface area contributed by atoms with E-state index >= 15 is 0 Å². The second kappa shape index (κ2) is 4.42. The summed E-state index contributed by atoms with van der Waals surface area (Å²) in [5.41, 5.74) is -0.727. The molecule has 1 aromatic heterocycles. The molecule has 0 spiro atoms. The van der Waals surface area contributed by atoms with Gasteiger partial charge in [-0.2, -0.15) is 18.3 Å². The minimum absolute atomic E-state index is 0.158. The molecule has 0 amide bonds. The number of aromatic nitrogens is 2. The first-order valence-corrected chi connectivity index (χ1v) is 5.26. The summed E-state index contributed by atoms with van der Waals surface area (Å²) >= 11 is 0. The van der Waals surface area contributed by atoms with E-state index in [2.05, 4.69) is 5.10 Å². The van der Waals surface area contributed by atoms with Crippen LogP contribution >= 0.6 is 0 Å². The van der Waals surface area contributed by atoms with Gasteiger partial charge in [-0.25, -0.2) is 9.48 Å². The minimum Gasteiger partial charge on any atom is -0.476 e. The summed E-state index contributed by atoms with van der Waals surface area (Å²) in [6.45, 7) is 1.79. The van der Waals surface area contributed by atoms with Gasteiger partial charge in [0.2, 0.25) is 0 Å². The number of benzene rings is 1. The zero-order valence-corrected chi connectivity index (χ0v) is 9.77. The number of aromatic carboxylic acids is 1. The first kappa shape index (κ1) is 13.1. The van der Waals surface area contributed by atoms with Crippen LogP contribution in [0.4, 0.5) is 13.2 Å². The fourth-order valence-corrected chi connectivity index (χ4v) is 1.57. The molecule has 0 aliphatic carbocycles. The Kier molecular flexibility index (Phi) is 3.05. The molecule has 0 atom stereocenters. The molecule has 0 radical (unpaired) electrons. The Morgan fingerprint density at radius 3 is 2.32 bits per heavy atom. The molecule has 1 N–H and O–H groups in total. The number of alkyl halides is 3. The Morgan fingerprint density at radius 1 is 1.26 bits per heavy atom. The van der Waals surface area contributed by atoms with Crippen molar-refractivity contribution in [3.05, 3.63) is 47.3 Å². The van der Waals surface area contributed by atoms with Crippen molar-refractivity contribution in [2.75, 3.05) is 0 Å². The lowest BCUT2D eigenvalue weighted by Gasteiger charge is -2.10. The molecule has 0 fully saturated rings. The molecule has 0 saturated heterocycles. The van der Waals surface area contributed by atoms with Gasteiger partial charge in [-0.1, -0.05) is 17.7 Å². The lowest BCUT2D eigenvalue weighted by atomic mass is 10.2. The lowest BCUT2D eigenvalue weighted by Crippen LogP contribution is -2.13. The highest BCUT2D eigenvalue weighted by molar-refractivity contribution is 5.85. The van der Waals surface area contributed by atoms with Crippen LogP contribution in [-0.2, 0) is 6.18 Å². The molecule has 1 aromatic carbocycles. The maximum Gasteiger partial charge on any atom is 0.433 e. The molecule has 100 valence electrons. The molecule has 0 bridgehead atoms. The van der Waals surface area contributed by atoms with Gasteiger partial charge in [0.15, 0.2) is 5.69 Å². The SMILES string of the molecule is Cc1ccc(-n2nc(C(=O)O)cc2C(F)(F)F)cc1. The number of hydrogen-bond acceptors (Lipinski definition) is 2. The highest BCUT2D eigenvalue weighted by Gasteiger charge is 2.37. The first-order valence-electron chi connectivity index (χ1n) is 5.26. The van der Waals surface area contributed by atoms with Gasteiger partial charge in [0.1, 0.15) is 5.69 Å². The molecule has 0 aliphatic rings. The van der Waals surface area contributed by atoms with Crippen molar-refractivity contribution < 1.29 is 23.1 Å². The number of carbonyl (C=O) groups is 1. The molecule has 2 rings (SSSR count). The molecule has 4 nitrogen and oxygen atoms in total. The van der Waals surface area contributed by atoms with Gasteiger partial charge in [-0.15, -0.1) is 0 Å². The number of aryl methyl sites for hydroxylation is 1. The molecule has 7 heteroatoms. The smallest absolute Gasteiger partial charge is 0.433 e. The third-order valence-corrected chi connectivity index (χ3v) is 2.50. The van der Waals surface area contributed by atoms with E-state index in [0.717, 1.165) is 5.56 Å². The second-order valence-electron chi connectivity index (χ2n) is 3.97. The Balaban J connectivity index is 2.61. The summed E-state index contributed by atoms with van der Waals surface area (Å²) in [4.78, 5) is 10.7. The number of halogens is 3. The largest absolute Gasteiger partial charge is 0.476 e. The van der Waals surface area contributed by atoms with Gasteiger partial charge in [0, 0.05) is 6.07 Å². The van der Waals surface area contributed by atoms with E-state index in [0.29, 0.717) is 10.7 Å². The van der Waals surface area contributed by atoms with Crippen molar-refractivity contribution in [2.24, 2.45) is 0 Å². The van der Waals surface area contributed by atoms with Crippen LogP contribution in [0.15, 0.2) is 30.3 Å². The zero-order chi connectivity index (χ0) is 14.2. The van der Waals surface area contributed by atoms with Crippen molar-refractivity contribution in [1.29, 1.82) is 0 Å². The van der Waals surface area contributed by atoms with E-state index in [1.165, 1.54) is 12.1 Å². The highest BCUT2D eigenvalue weighted by atomic mass is 19.4. The normalized spacial score (nSPS) is 11.6. The minimum atomic E-state index is -4.68. The maximum atomic E-state index is 12.8. The van der Waals surface area contributed by atoms with E-state index in [1.54, 1.807) is 19.1 Å². The lowest BCUT2D eigenvalue weighted by molar-refractivity contribution is -0.142. The Hall–Kier alpha value is -2.31. The monoisotopic (exact) mass is 270 g/mol. The van der Waals surface area contributed by atoms with E-state index in [-0.39, 0.29) is 5.69 Å². The first-order chi connectivity index (χ1) is 8.79. The van der Waals surface area contributed by atoms with Crippen LogP contribution in [0.3, 0.4) is 0 Å². The van der Waals surface area contributed by atoms with Crippen molar-refractivity contribution in [2.45, 2.75) is 13.1 Å². The maximum absolute atomic E-state index is 12.8. The summed E-state index contributed by atoms with van der Waals surface area (Å²) in [6, 6.07) is 6.66. The average molecular weight is 270 g/mol. The molecular formula is C12H9F3N2O2. The summed E-state index contributed by atoms with van der Waals surface area (Å²) in [7, 11) is 0. The van der Waals surface area contributed by atoms with Gasteiger partial charge in [0.05, 0.1) is 5.69 Å².